The number of alkyl halides is 2. The van der Waals surface area contributed by atoms with Gasteiger partial charge in [-0.2, -0.15) is 0 Å². The van der Waals surface area contributed by atoms with Crippen molar-refractivity contribution in [2.75, 3.05) is 12.5 Å². The first-order chi connectivity index (χ1) is 5.57. The molecule has 2 unspecified atom stereocenters. The SMILES string of the molecule is CC(Cl)C(C)OC(=O)OCCCl. The summed E-state index contributed by atoms with van der Waals surface area (Å²) in [5.74, 6) is 0.264. The molecule has 0 aliphatic rings. The highest BCUT2D eigenvalue weighted by atomic mass is 35.5. The van der Waals surface area contributed by atoms with Gasteiger partial charge in [-0.15, -0.1) is 23.2 Å². The van der Waals surface area contributed by atoms with Gasteiger partial charge in [-0.1, -0.05) is 0 Å². The zero-order chi connectivity index (χ0) is 9.56. The summed E-state index contributed by atoms with van der Waals surface area (Å²) in [5.41, 5.74) is 0. The molecule has 0 aromatic carbocycles. The first-order valence-corrected chi connectivity index (χ1v) is 4.58. The Morgan fingerprint density at radius 1 is 1.50 bits per heavy atom. The molecule has 0 spiro atoms. The van der Waals surface area contributed by atoms with E-state index in [1.165, 1.54) is 0 Å². The number of halogens is 2. The third-order valence-corrected chi connectivity index (χ3v) is 1.74. The first-order valence-electron chi connectivity index (χ1n) is 3.61. The monoisotopic (exact) mass is 214 g/mol. The van der Waals surface area contributed by atoms with Crippen LogP contribution >= 0.6 is 23.2 Å². The van der Waals surface area contributed by atoms with Crippen LogP contribution in [0.3, 0.4) is 0 Å². The lowest BCUT2D eigenvalue weighted by Gasteiger charge is -2.14. The highest BCUT2D eigenvalue weighted by Gasteiger charge is 2.14. The normalized spacial score (nSPS) is 15.0. The van der Waals surface area contributed by atoms with Crippen molar-refractivity contribution >= 4 is 29.4 Å². The number of hydrogen-bond acceptors (Lipinski definition) is 3. The standard InChI is InChI=1S/C7H12Cl2O3/c1-5(9)6(2)12-7(10)11-4-3-8/h5-6H,3-4H2,1-2H3. The highest BCUT2D eigenvalue weighted by Crippen LogP contribution is 2.06. The molecule has 3 nitrogen and oxygen atoms in total. The van der Waals surface area contributed by atoms with Crippen LogP contribution in [0.5, 0.6) is 0 Å². The Morgan fingerprint density at radius 2 is 2.08 bits per heavy atom. The summed E-state index contributed by atoms with van der Waals surface area (Å²) in [6.07, 6.45) is -1.08. The second-order valence-corrected chi connectivity index (χ2v) is 3.35. The van der Waals surface area contributed by atoms with Gasteiger partial charge in [0.2, 0.25) is 0 Å². The van der Waals surface area contributed by atoms with E-state index in [-0.39, 0.29) is 24.0 Å². The predicted octanol–water partition coefficient (Wildman–Crippen LogP) is 2.39. The van der Waals surface area contributed by atoms with Crippen molar-refractivity contribution in [1.29, 1.82) is 0 Å². The molecule has 0 aliphatic carbocycles. The Balaban J connectivity index is 3.54. The number of ether oxygens (including phenoxy) is 2. The van der Waals surface area contributed by atoms with Crippen LogP contribution in [0.15, 0.2) is 0 Å². The van der Waals surface area contributed by atoms with Crippen LogP contribution in [0.1, 0.15) is 13.8 Å². The Morgan fingerprint density at radius 3 is 2.50 bits per heavy atom. The molecular weight excluding hydrogens is 203 g/mol. The second-order valence-electron chi connectivity index (χ2n) is 2.29. The molecule has 0 aromatic rings. The molecule has 0 radical (unpaired) electrons. The lowest BCUT2D eigenvalue weighted by atomic mass is 10.3. The fourth-order valence-corrected chi connectivity index (χ4v) is 0.530. The van der Waals surface area contributed by atoms with Gasteiger partial charge >= 0.3 is 6.16 Å². The minimum Gasteiger partial charge on any atom is -0.433 e. The summed E-state index contributed by atoms with van der Waals surface area (Å²) in [5, 5.41) is -0.228. The maximum Gasteiger partial charge on any atom is 0.508 e. The summed E-state index contributed by atoms with van der Waals surface area (Å²) in [6.45, 7) is 3.59. The van der Waals surface area contributed by atoms with E-state index < -0.39 is 6.16 Å². The van der Waals surface area contributed by atoms with E-state index in [0.717, 1.165) is 0 Å². The van der Waals surface area contributed by atoms with Gasteiger partial charge < -0.3 is 9.47 Å². The highest BCUT2D eigenvalue weighted by molar-refractivity contribution is 6.20. The van der Waals surface area contributed by atoms with Crippen LogP contribution in [0.4, 0.5) is 4.79 Å². The van der Waals surface area contributed by atoms with Crippen LogP contribution in [0.25, 0.3) is 0 Å². The average Bonchev–Trinajstić information content (AvgIpc) is 2.00. The Hall–Kier alpha value is -0.150. The molecule has 12 heavy (non-hydrogen) atoms. The number of carbonyl (C=O) groups excluding carboxylic acids is 1. The van der Waals surface area contributed by atoms with Crippen molar-refractivity contribution in [1.82, 2.24) is 0 Å². The van der Waals surface area contributed by atoms with Crippen molar-refractivity contribution in [3.05, 3.63) is 0 Å². The topological polar surface area (TPSA) is 35.5 Å². The lowest BCUT2D eigenvalue weighted by Crippen LogP contribution is -2.23. The van der Waals surface area contributed by atoms with Crippen LogP contribution < -0.4 is 0 Å². The number of hydrogen-bond donors (Lipinski definition) is 0. The van der Waals surface area contributed by atoms with E-state index in [1.807, 2.05) is 0 Å². The lowest BCUT2D eigenvalue weighted by molar-refractivity contribution is 0.0326. The summed E-state index contributed by atoms with van der Waals surface area (Å²) in [7, 11) is 0. The molecular formula is C7H12Cl2O3. The molecule has 0 heterocycles. The van der Waals surface area contributed by atoms with Crippen LogP contribution in [-0.2, 0) is 9.47 Å². The summed E-state index contributed by atoms with van der Waals surface area (Å²) >= 11 is 10.9. The van der Waals surface area contributed by atoms with Crippen LogP contribution in [-0.4, -0.2) is 30.1 Å². The van der Waals surface area contributed by atoms with E-state index in [0.29, 0.717) is 0 Å². The van der Waals surface area contributed by atoms with Crippen molar-refractivity contribution in [2.24, 2.45) is 0 Å². The quantitative estimate of drug-likeness (QED) is 0.533. The van der Waals surface area contributed by atoms with Crippen molar-refractivity contribution in [3.63, 3.8) is 0 Å². The average molecular weight is 215 g/mol. The maximum atomic E-state index is 10.8. The summed E-state index contributed by atoms with van der Waals surface area (Å²) < 4.78 is 9.32. The van der Waals surface area contributed by atoms with Gasteiger partial charge in [0.15, 0.2) is 0 Å². The predicted molar refractivity (Wildman–Crippen MR) is 47.9 cm³/mol. The zero-order valence-corrected chi connectivity index (χ0v) is 8.56. The van der Waals surface area contributed by atoms with Gasteiger partial charge in [0.25, 0.3) is 0 Å². The van der Waals surface area contributed by atoms with Gasteiger partial charge in [-0.3, -0.25) is 0 Å². The smallest absolute Gasteiger partial charge is 0.433 e. The van der Waals surface area contributed by atoms with Crippen molar-refractivity contribution in [3.8, 4) is 0 Å². The molecule has 0 saturated carbocycles. The van der Waals surface area contributed by atoms with Crippen molar-refractivity contribution in [2.45, 2.75) is 25.3 Å². The zero-order valence-electron chi connectivity index (χ0n) is 7.05. The molecule has 0 aromatic heterocycles. The molecule has 0 N–H and O–H groups in total. The van der Waals surface area contributed by atoms with Crippen molar-refractivity contribution < 1.29 is 14.3 Å². The second kappa shape index (κ2) is 6.38. The maximum absolute atomic E-state index is 10.8. The van der Waals surface area contributed by atoms with Gasteiger partial charge in [0.1, 0.15) is 12.7 Å². The van der Waals surface area contributed by atoms with Crippen LogP contribution in [0, 0.1) is 0 Å². The molecule has 5 heteroatoms. The molecule has 2 atom stereocenters. The third kappa shape index (κ3) is 5.49. The molecule has 0 saturated heterocycles. The van der Waals surface area contributed by atoms with Gasteiger partial charge in [-0.05, 0) is 13.8 Å². The number of rotatable bonds is 4. The fraction of sp³-hybridized carbons (Fsp3) is 0.857. The Kier molecular flexibility index (Phi) is 6.30. The molecule has 72 valence electrons. The Bertz CT molecular complexity index is 139. The molecule has 0 aliphatic heterocycles. The summed E-state index contributed by atoms with van der Waals surface area (Å²) in [4.78, 5) is 10.8. The van der Waals surface area contributed by atoms with Gasteiger partial charge in [0, 0.05) is 0 Å². The molecule has 0 fully saturated rings. The minimum absolute atomic E-state index is 0.157. The van der Waals surface area contributed by atoms with E-state index >= 15 is 0 Å². The van der Waals surface area contributed by atoms with E-state index in [4.69, 9.17) is 27.9 Å². The van der Waals surface area contributed by atoms with Gasteiger partial charge in [-0.25, -0.2) is 4.79 Å². The van der Waals surface area contributed by atoms with Crippen LogP contribution in [0.2, 0.25) is 0 Å². The van der Waals surface area contributed by atoms with E-state index in [2.05, 4.69) is 4.74 Å². The largest absolute Gasteiger partial charge is 0.508 e. The van der Waals surface area contributed by atoms with E-state index in [1.54, 1.807) is 13.8 Å². The summed E-state index contributed by atoms with van der Waals surface area (Å²) in [6, 6.07) is 0. The third-order valence-electron chi connectivity index (χ3n) is 1.23. The van der Waals surface area contributed by atoms with E-state index in [9.17, 15) is 4.79 Å². The van der Waals surface area contributed by atoms with Gasteiger partial charge in [0.05, 0.1) is 11.3 Å². The fourth-order valence-electron chi connectivity index (χ4n) is 0.401. The molecule has 0 rings (SSSR count). The first kappa shape index (κ1) is 11.8. The molecule has 0 amide bonds. The molecule has 0 bridgehead atoms. The number of carbonyl (C=O) groups is 1. The Labute approximate surface area is 81.9 Å². The minimum atomic E-state index is -0.726.